The molecule has 1 atom stereocenters. The molecule has 1 aliphatic rings. The second-order valence-electron chi connectivity index (χ2n) is 10.2. The number of carbonyl (C=O) groups is 4. The van der Waals surface area contributed by atoms with Gasteiger partial charge in [-0.1, -0.05) is 29.8 Å². The van der Waals surface area contributed by atoms with Crippen molar-refractivity contribution in [3.63, 3.8) is 0 Å². The van der Waals surface area contributed by atoms with Gasteiger partial charge < -0.3 is 30.9 Å². The van der Waals surface area contributed by atoms with E-state index in [0.717, 1.165) is 5.56 Å². The minimum atomic E-state index is -1.04. The lowest BCUT2D eigenvalue weighted by atomic mass is 10.0. The van der Waals surface area contributed by atoms with Crippen molar-refractivity contribution in [2.45, 2.75) is 26.3 Å². The molecule has 0 saturated carbocycles. The largest absolute Gasteiger partial charge is 0.481 e. The first kappa shape index (κ1) is 30.6. The molecular weight excluding hydrogens is 548 g/mol. The molecule has 1 aliphatic heterocycles. The summed E-state index contributed by atoms with van der Waals surface area (Å²) in [6, 6.07) is 19.6. The van der Waals surface area contributed by atoms with Crippen molar-refractivity contribution in [3.8, 4) is 6.07 Å². The highest BCUT2D eigenvalue weighted by Gasteiger charge is 2.25. The molecule has 1 saturated heterocycles. The van der Waals surface area contributed by atoms with E-state index >= 15 is 0 Å². The van der Waals surface area contributed by atoms with E-state index in [1.54, 1.807) is 66.4 Å². The number of urea groups is 1. The standard InChI is InChI=1S/C32H34N6O5/c1-3-34-32(43)36-27-18-25(30(41)35-26(19-29(39)40)23-8-4-21(2)5-9-23)12-13-28(27)37-14-16-38(17-15-37)31(42)24-10-6-22(20-33)7-11-24/h4-13,18,26H,3,14-17,19H2,1-2H3,(H,35,41)(H,39,40)(H2,34,36,43). The zero-order valence-electron chi connectivity index (χ0n) is 24.1. The Balaban J connectivity index is 1.52. The van der Waals surface area contributed by atoms with Gasteiger partial charge in [-0.05, 0) is 61.9 Å². The molecule has 4 rings (SSSR count). The first-order chi connectivity index (χ1) is 20.7. The summed E-state index contributed by atoms with van der Waals surface area (Å²) < 4.78 is 0. The molecule has 11 nitrogen and oxygen atoms in total. The van der Waals surface area contributed by atoms with Crippen molar-refractivity contribution in [1.29, 1.82) is 5.26 Å². The number of aliphatic carboxylic acids is 1. The van der Waals surface area contributed by atoms with Gasteiger partial charge >= 0.3 is 12.0 Å². The maximum Gasteiger partial charge on any atom is 0.319 e. The third kappa shape index (κ3) is 7.89. The zero-order valence-corrected chi connectivity index (χ0v) is 24.1. The molecule has 4 N–H and O–H groups in total. The summed E-state index contributed by atoms with van der Waals surface area (Å²) in [5, 5.41) is 26.8. The molecule has 4 amide bonds. The van der Waals surface area contributed by atoms with E-state index in [4.69, 9.17) is 5.26 Å². The van der Waals surface area contributed by atoms with E-state index in [9.17, 15) is 24.3 Å². The third-order valence-electron chi connectivity index (χ3n) is 7.18. The Hall–Kier alpha value is -5.37. The van der Waals surface area contributed by atoms with Gasteiger partial charge in [-0.25, -0.2) is 4.79 Å². The van der Waals surface area contributed by atoms with Crippen LogP contribution in [0.15, 0.2) is 66.7 Å². The van der Waals surface area contributed by atoms with Gasteiger partial charge in [0, 0.05) is 43.9 Å². The summed E-state index contributed by atoms with van der Waals surface area (Å²) in [5.74, 6) is -1.65. The summed E-state index contributed by atoms with van der Waals surface area (Å²) in [7, 11) is 0. The minimum absolute atomic E-state index is 0.124. The third-order valence-corrected chi connectivity index (χ3v) is 7.18. The molecule has 0 aliphatic carbocycles. The van der Waals surface area contributed by atoms with Crippen molar-refractivity contribution in [3.05, 3.63) is 94.5 Å². The Morgan fingerprint density at radius 1 is 0.930 bits per heavy atom. The van der Waals surface area contributed by atoms with Crippen LogP contribution in [-0.2, 0) is 4.79 Å². The number of aryl methyl sites for hydroxylation is 1. The summed E-state index contributed by atoms with van der Waals surface area (Å²) in [6.45, 7) is 5.99. The number of anilines is 2. The lowest BCUT2D eigenvalue weighted by molar-refractivity contribution is -0.137. The van der Waals surface area contributed by atoms with Gasteiger partial charge in [-0.15, -0.1) is 0 Å². The fourth-order valence-corrected chi connectivity index (χ4v) is 4.87. The van der Waals surface area contributed by atoms with Crippen LogP contribution in [0.25, 0.3) is 0 Å². The smallest absolute Gasteiger partial charge is 0.319 e. The van der Waals surface area contributed by atoms with E-state index in [0.29, 0.717) is 60.8 Å². The number of piperazine rings is 1. The molecule has 1 unspecified atom stereocenters. The minimum Gasteiger partial charge on any atom is -0.481 e. The van der Waals surface area contributed by atoms with Gasteiger partial charge in [0.2, 0.25) is 0 Å². The molecule has 3 aromatic carbocycles. The molecular formula is C32H34N6O5. The van der Waals surface area contributed by atoms with Crippen LogP contribution in [0, 0.1) is 18.3 Å². The summed E-state index contributed by atoms with van der Waals surface area (Å²) in [4.78, 5) is 54.1. The summed E-state index contributed by atoms with van der Waals surface area (Å²) >= 11 is 0. The molecule has 0 aromatic heterocycles. The number of hydrogen-bond acceptors (Lipinski definition) is 6. The Bertz CT molecular complexity index is 1520. The number of carboxylic acid groups (broad SMARTS) is 1. The van der Waals surface area contributed by atoms with E-state index in [1.807, 2.05) is 30.0 Å². The summed E-state index contributed by atoms with van der Waals surface area (Å²) in [6.07, 6.45) is -0.289. The van der Waals surface area contributed by atoms with E-state index in [-0.39, 0.29) is 17.9 Å². The Kier molecular flexibility index (Phi) is 9.96. The first-order valence-corrected chi connectivity index (χ1v) is 14.0. The number of carboxylic acids is 1. The van der Waals surface area contributed by atoms with Crippen LogP contribution in [0.4, 0.5) is 16.2 Å². The van der Waals surface area contributed by atoms with Gasteiger partial charge in [0.15, 0.2) is 0 Å². The van der Waals surface area contributed by atoms with Crippen LogP contribution >= 0.6 is 0 Å². The number of rotatable bonds is 9. The molecule has 222 valence electrons. The Morgan fingerprint density at radius 3 is 2.19 bits per heavy atom. The topological polar surface area (TPSA) is 155 Å². The van der Waals surface area contributed by atoms with Crippen molar-refractivity contribution >= 4 is 35.2 Å². The van der Waals surface area contributed by atoms with Crippen LogP contribution in [-0.4, -0.2) is 66.5 Å². The van der Waals surface area contributed by atoms with Crippen LogP contribution in [0.2, 0.25) is 0 Å². The second kappa shape index (κ2) is 14.0. The van der Waals surface area contributed by atoms with E-state index in [2.05, 4.69) is 16.0 Å². The molecule has 3 aromatic rings. The average Bonchev–Trinajstić information content (AvgIpc) is 3.01. The quantitative estimate of drug-likeness (QED) is 0.298. The number of hydrogen-bond donors (Lipinski definition) is 4. The predicted octanol–water partition coefficient (Wildman–Crippen LogP) is 3.92. The van der Waals surface area contributed by atoms with E-state index in [1.165, 1.54) is 0 Å². The maximum absolute atomic E-state index is 13.3. The number of nitrogens with zero attached hydrogens (tertiary/aromatic N) is 3. The zero-order chi connectivity index (χ0) is 30.9. The molecule has 0 spiro atoms. The Morgan fingerprint density at radius 2 is 1.58 bits per heavy atom. The number of benzene rings is 3. The lowest BCUT2D eigenvalue weighted by Crippen LogP contribution is -2.49. The highest BCUT2D eigenvalue weighted by Crippen LogP contribution is 2.29. The normalized spacial score (nSPS) is 13.4. The maximum atomic E-state index is 13.3. The van der Waals surface area contributed by atoms with Crippen molar-refractivity contribution in [2.75, 3.05) is 42.9 Å². The SMILES string of the molecule is CCNC(=O)Nc1cc(C(=O)NC(CC(=O)O)c2ccc(C)cc2)ccc1N1CCN(C(=O)c2ccc(C#N)cc2)CC1. The number of amides is 4. The van der Waals surface area contributed by atoms with E-state index < -0.39 is 23.9 Å². The molecule has 11 heteroatoms. The lowest BCUT2D eigenvalue weighted by Gasteiger charge is -2.37. The van der Waals surface area contributed by atoms with Crippen molar-refractivity contribution in [2.24, 2.45) is 0 Å². The van der Waals surface area contributed by atoms with Crippen LogP contribution < -0.4 is 20.9 Å². The molecule has 0 radical (unpaired) electrons. The highest BCUT2D eigenvalue weighted by atomic mass is 16.4. The fraction of sp³-hybridized carbons (Fsp3) is 0.281. The Labute approximate surface area is 250 Å². The van der Waals surface area contributed by atoms with Crippen molar-refractivity contribution in [1.82, 2.24) is 15.5 Å². The first-order valence-electron chi connectivity index (χ1n) is 14.0. The van der Waals surface area contributed by atoms with Gasteiger partial charge in [0.05, 0.1) is 35.5 Å². The number of nitriles is 1. The molecule has 43 heavy (non-hydrogen) atoms. The van der Waals surface area contributed by atoms with Gasteiger partial charge in [-0.2, -0.15) is 5.26 Å². The van der Waals surface area contributed by atoms with Crippen LogP contribution in [0.3, 0.4) is 0 Å². The predicted molar refractivity (Wildman–Crippen MR) is 162 cm³/mol. The molecule has 0 bridgehead atoms. The number of nitrogens with one attached hydrogen (secondary N) is 3. The van der Waals surface area contributed by atoms with Gasteiger partial charge in [0.1, 0.15) is 0 Å². The van der Waals surface area contributed by atoms with Crippen LogP contribution in [0.1, 0.15) is 56.8 Å². The second-order valence-corrected chi connectivity index (χ2v) is 10.2. The van der Waals surface area contributed by atoms with Gasteiger partial charge in [0.25, 0.3) is 11.8 Å². The van der Waals surface area contributed by atoms with Crippen LogP contribution in [0.5, 0.6) is 0 Å². The van der Waals surface area contributed by atoms with Crippen molar-refractivity contribution < 1.29 is 24.3 Å². The van der Waals surface area contributed by atoms with Gasteiger partial charge in [-0.3, -0.25) is 14.4 Å². The highest BCUT2D eigenvalue weighted by molar-refractivity contribution is 6.00. The molecule has 1 fully saturated rings. The molecule has 1 heterocycles. The fourth-order valence-electron chi connectivity index (χ4n) is 4.87. The number of carbonyl (C=O) groups excluding carboxylic acids is 3. The average molecular weight is 583 g/mol. The summed E-state index contributed by atoms with van der Waals surface area (Å²) in [5.41, 5.74) is 4.04. The monoisotopic (exact) mass is 582 g/mol.